The van der Waals surface area contributed by atoms with Crippen LogP contribution in [-0.2, 0) is 16.0 Å². The van der Waals surface area contributed by atoms with Gasteiger partial charge in [-0.1, -0.05) is 29.5 Å². The van der Waals surface area contributed by atoms with Crippen molar-refractivity contribution >= 4 is 16.9 Å². The number of hydrogen-bond donors (Lipinski definition) is 1. The fraction of sp³-hybridized carbons (Fsp3) is 0.227. The maximum atomic E-state index is 11.5. The van der Waals surface area contributed by atoms with E-state index < -0.39 is 0 Å². The minimum Gasteiger partial charge on any atom is -0.466 e. The van der Waals surface area contributed by atoms with E-state index in [-0.39, 0.29) is 5.97 Å². The Hall–Kier alpha value is -2.99. The van der Waals surface area contributed by atoms with Crippen LogP contribution < -0.4 is 0 Å². The molecule has 0 aliphatic rings. The number of aromatic amines is 1. The van der Waals surface area contributed by atoms with Gasteiger partial charge < -0.3 is 9.72 Å². The number of carbonyl (C=O) groups excluding carboxylic acids is 1. The number of carbonyl (C=O) groups is 1. The summed E-state index contributed by atoms with van der Waals surface area (Å²) in [5.74, 6) is 6.24. The number of nitrogens with one attached hydrogen (secondary N) is 1. The molecule has 126 valence electrons. The summed E-state index contributed by atoms with van der Waals surface area (Å²) in [5.41, 5.74) is 5.31. The largest absolute Gasteiger partial charge is 0.466 e. The Kier molecular flexibility index (Phi) is 5.20. The van der Waals surface area contributed by atoms with Crippen molar-refractivity contribution in [3.8, 4) is 11.8 Å². The second-order valence-corrected chi connectivity index (χ2v) is 6.02. The molecule has 0 aliphatic carbocycles. The molecule has 0 amide bonds. The molecule has 3 nitrogen and oxygen atoms in total. The van der Waals surface area contributed by atoms with Crippen molar-refractivity contribution in [2.75, 3.05) is 6.61 Å². The Labute approximate surface area is 148 Å². The van der Waals surface area contributed by atoms with Crippen molar-refractivity contribution in [2.45, 2.75) is 26.7 Å². The Morgan fingerprint density at radius 3 is 2.52 bits per heavy atom. The van der Waals surface area contributed by atoms with E-state index in [1.165, 1.54) is 5.56 Å². The van der Waals surface area contributed by atoms with Gasteiger partial charge in [-0.05, 0) is 56.7 Å². The van der Waals surface area contributed by atoms with Crippen molar-refractivity contribution in [1.29, 1.82) is 0 Å². The van der Waals surface area contributed by atoms with E-state index >= 15 is 0 Å². The van der Waals surface area contributed by atoms with Crippen molar-refractivity contribution in [1.82, 2.24) is 4.98 Å². The predicted molar refractivity (Wildman–Crippen MR) is 100 cm³/mol. The number of aromatic nitrogens is 1. The smallest absolute Gasteiger partial charge is 0.306 e. The molecule has 3 aromatic rings. The van der Waals surface area contributed by atoms with E-state index in [0.717, 1.165) is 27.7 Å². The Balaban J connectivity index is 1.74. The fourth-order valence-electron chi connectivity index (χ4n) is 2.66. The van der Waals surface area contributed by atoms with Gasteiger partial charge in [-0.25, -0.2) is 0 Å². The highest BCUT2D eigenvalue weighted by molar-refractivity contribution is 5.82. The van der Waals surface area contributed by atoms with Crippen molar-refractivity contribution in [3.05, 3.63) is 70.9 Å². The number of benzene rings is 2. The van der Waals surface area contributed by atoms with Crippen LogP contribution in [-0.4, -0.2) is 17.6 Å². The summed E-state index contributed by atoms with van der Waals surface area (Å²) in [7, 11) is 0. The lowest BCUT2D eigenvalue weighted by atomic mass is 10.1. The molecule has 1 N–H and O–H groups in total. The second-order valence-electron chi connectivity index (χ2n) is 6.02. The number of esters is 1. The fourth-order valence-corrected chi connectivity index (χ4v) is 2.66. The number of H-pyrrole nitrogens is 1. The normalized spacial score (nSPS) is 10.3. The van der Waals surface area contributed by atoms with Crippen molar-refractivity contribution in [2.24, 2.45) is 0 Å². The highest BCUT2D eigenvalue weighted by Gasteiger charge is 2.06. The maximum Gasteiger partial charge on any atom is 0.306 e. The van der Waals surface area contributed by atoms with Gasteiger partial charge in [0.2, 0.25) is 0 Å². The summed E-state index contributed by atoms with van der Waals surface area (Å²) in [5, 5.41) is 1.11. The standard InChI is InChI=1S/C22H21NO2/c1-3-25-22(24)13-11-20-15-19-14-18(10-12-21(19)23-20)9-8-17-6-4-16(2)5-7-17/h4-7,10,12,14-15,23H,3,11,13H2,1-2H3. The summed E-state index contributed by atoms with van der Waals surface area (Å²) in [4.78, 5) is 14.8. The van der Waals surface area contributed by atoms with E-state index in [1.807, 2.05) is 31.2 Å². The molecule has 0 saturated heterocycles. The average molecular weight is 331 g/mol. The van der Waals surface area contributed by atoms with Crippen LogP contribution in [0.15, 0.2) is 48.5 Å². The summed E-state index contributed by atoms with van der Waals surface area (Å²) >= 11 is 0. The molecule has 1 aromatic heterocycles. The summed E-state index contributed by atoms with van der Waals surface area (Å²) < 4.78 is 4.97. The van der Waals surface area contributed by atoms with Crippen LogP contribution in [0, 0.1) is 18.8 Å². The lowest BCUT2D eigenvalue weighted by molar-refractivity contribution is -0.143. The van der Waals surface area contributed by atoms with Crippen LogP contribution in [0.1, 0.15) is 35.7 Å². The number of aryl methyl sites for hydroxylation is 2. The van der Waals surface area contributed by atoms with Gasteiger partial charge in [-0.15, -0.1) is 0 Å². The zero-order chi connectivity index (χ0) is 17.6. The molecule has 2 aromatic carbocycles. The van der Waals surface area contributed by atoms with E-state index in [0.29, 0.717) is 19.4 Å². The molecule has 0 fully saturated rings. The minimum atomic E-state index is -0.161. The van der Waals surface area contributed by atoms with Gasteiger partial charge in [0.05, 0.1) is 13.0 Å². The lowest BCUT2D eigenvalue weighted by Gasteiger charge is -1.99. The third-order valence-corrected chi connectivity index (χ3v) is 3.98. The highest BCUT2D eigenvalue weighted by atomic mass is 16.5. The first-order chi connectivity index (χ1) is 12.1. The van der Waals surface area contributed by atoms with Crippen LogP contribution in [0.4, 0.5) is 0 Å². The van der Waals surface area contributed by atoms with Gasteiger partial charge in [-0.3, -0.25) is 4.79 Å². The van der Waals surface area contributed by atoms with E-state index in [1.54, 1.807) is 0 Å². The third-order valence-electron chi connectivity index (χ3n) is 3.98. The second kappa shape index (κ2) is 7.72. The summed E-state index contributed by atoms with van der Waals surface area (Å²) in [6.45, 7) is 4.31. The lowest BCUT2D eigenvalue weighted by Crippen LogP contribution is -2.05. The molecule has 0 bridgehead atoms. The van der Waals surface area contributed by atoms with Gasteiger partial charge in [0, 0.05) is 27.7 Å². The first-order valence-corrected chi connectivity index (χ1v) is 8.50. The van der Waals surface area contributed by atoms with Gasteiger partial charge in [0.15, 0.2) is 0 Å². The van der Waals surface area contributed by atoms with Crippen molar-refractivity contribution in [3.63, 3.8) is 0 Å². The van der Waals surface area contributed by atoms with Crippen LogP contribution in [0.2, 0.25) is 0 Å². The SMILES string of the molecule is CCOC(=O)CCc1cc2cc(C#Cc3ccc(C)cc3)ccc2[nH]1. The monoisotopic (exact) mass is 331 g/mol. The molecule has 0 saturated carbocycles. The minimum absolute atomic E-state index is 0.161. The Morgan fingerprint density at radius 2 is 1.76 bits per heavy atom. The average Bonchev–Trinajstić information content (AvgIpc) is 3.02. The van der Waals surface area contributed by atoms with Gasteiger partial charge in [0.25, 0.3) is 0 Å². The van der Waals surface area contributed by atoms with Crippen molar-refractivity contribution < 1.29 is 9.53 Å². The topological polar surface area (TPSA) is 42.1 Å². The predicted octanol–water partition coefficient (Wildman–Crippen LogP) is 4.37. The van der Waals surface area contributed by atoms with Crippen LogP contribution in [0.5, 0.6) is 0 Å². The number of rotatable bonds is 4. The number of fused-ring (bicyclic) bond motifs is 1. The maximum absolute atomic E-state index is 11.5. The summed E-state index contributed by atoms with van der Waals surface area (Å²) in [6, 6.07) is 16.4. The number of ether oxygens (including phenoxy) is 1. The zero-order valence-electron chi connectivity index (χ0n) is 14.6. The van der Waals surface area contributed by atoms with Crippen LogP contribution in [0.3, 0.4) is 0 Å². The molecule has 0 spiro atoms. The molecule has 3 heteroatoms. The molecular weight excluding hydrogens is 310 g/mol. The molecule has 0 radical (unpaired) electrons. The first kappa shape index (κ1) is 16.9. The highest BCUT2D eigenvalue weighted by Crippen LogP contribution is 2.18. The van der Waals surface area contributed by atoms with Crippen LogP contribution >= 0.6 is 0 Å². The third kappa shape index (κ3) is 4.51. The molecular formula is C22H21NO2. The molecule has 1 heterocycles. The summed E-state index contributed by atoms with van der Waals surface area (Å²) in [6.07, 6.45) is 1.04. The quantitative estimate of drug-likeness (QED) is 0.570. The Morgan fingerprint density at radius 1 is 1.04 bits per heavy atom. The van der Waals surface area contributed by atoms with Crippen LogP contribution in [0.25, 0.3) is 10.9 Å². The van der Waals surface area contributed by atoms with E-state index in [4.69, 9.17) is 4.74 Å². The first-order valence-electron chi connectivity index (χ1n) is 8.50. The van der Waals surface area contributed by atoms with Gasteiger partial charge >= 0.3 is 5.97 Å². The zero-order valence-corrected chi connectivity index (χ0v) is 14.6. The molecule has 3 rings (SSSR count). The van der Waals surface area contributed by atoms with E-state index in [2.05, 4.69) is 48.0 Å². The number of hydrogen-bond acceptors (Lipinski definition) is 2. The molecule has 0 unspecified atom stereocenters. The van der Waals surface area contributed by atoms with Gasteiger partial charge in [0.1, 0.15) is 0 Å². The Bertz CT molecular complexity index is 940. The van der Waals surface area contributed by atoms with E-state index in [9.17, 15) is 4.79 Å². The van der Waals surface area contributed by atoms with Gasteiger partial charge in [-0.2, -0.15) is 0 Å². The molecule has 25 heavy (non-hydrogen) atoms. The molecule has 0 atom stereocenters. The molecule has 0 aliphatic heterocycles.